The molecule has 0 saturated carbocycles. The molecule has 2 aromatic rings. The fraction of sp³-hybridized carbons (Fsp3) is 0.391. The number of nitrogens with zero attached hydrogens (tertiary/aromatic N) is 1. The Hall–Kier alpha value is -2.05. The normalized spacial score (nSPS) is 12.8. The highest BCUT2D eigenvalue weighted by Gasteiger charge is 2.27. The molecule has 2 rings (SSSR count). The molecule has 1 N–H and O–H groups in total. The topological polar surface area (TPSA) is 49.4 Å². The molecule has 0 aliphatic rings. The van der Waals surface area contributed by atoms with Crippen molar-refractivity contribution < 1.29 is 14.0 Å². The lowest BCUT2D eigenvalue weighted by Gasteiger charge is -2.29. The van der Waals surface area contributed by atoms with Crippen molar-refractivity contribution in [2.24, 2.45) is 0 Å². The number of nitrogens with one attached hydrogen (secondary N) is 1. The number of carbonyl (C=O) groups excluding carboxylic acids is 2. The molecule has 0 spiro atoms. The van der Waals surface area contributed by atoms with Crippen molar-refractivity contribution in [1.29, 1.82) is 0 Å². The minimum absolute atomic E-state index is 0.00238. The maximum atomic E-state index is 14.2. The third kappa shape index (κ3) is 7.33. The Labute approximate surface area is 187 Å². The second-order valence-electron chi connectivity index (χ2n) is 7.23. The van der Waals surface area contributed by atoms with Gasteiger partial charge in [0.05, 0.1) is 5.75 Å². The molecular formula is C23H28ClFN2O2S. The van der Waals surface area contributed by atoms with Gasteiger partial charge in [0, 0.05) is 28.9 Å². The molecule has 2 atom stereocenters. The SMILES string of the molecule is CC[C@@H](C)NC(=O)[C@@H](C)N(Cc1ccccc1F)C(=O)CSCc1cccc(Cl)c1. The molecule has 2 aromatic carbocycles. The van der Waals surface area contributed by atoms with Gasteiger partial charge < -0.3 is 10.2 Å². The summed E-state index contributed by atoms with van der Waals surface area (Å²) < 4.78 is 14.2. The van der Waals surface area contributed by atoms with E-state index in [4.69, 9.17) is 11.6 Å². The summed E-state index contributed by atoms with van der Waals surface area (Å²) in [4.78, 5) is 27.1. The Kier molecular flexibility index (Phi) is 9.66. The van der Waals surface area contributed by atoms with Crippen LogP contribution in [0.15, 0.2) is 48.5 Å². The van der Waals surface area contributed by atoms with Crippen LogP contribution in [0.2, 0.25) is 5.02 Å². The van der Waals surface area contributed by atoms with E-state index in [2.05, 4.69) is 5.32 Å². The van der Waals surface area contributed by atoms with E-state index in [0.29, 0.717) is 16.3 Å². The van der Waals surface area contributed by atoms with Gasteiger partial charge in [0.15, 0.2) is 0 Å². The number of rotatable bonds is 10. The first-order valence-electron chi connectivity index (χ1n) is 9.97. The summed E-state index contributed by atoms with van der Waals surface area (Å²) in [5, 5.41) is 3.55. The first-order chi connectivity index (χ1) is 14.3. The Morgan fingerprint density at radius 2 is 1.90 bits per heavy atom. The van der Waals surface area contributed by atoms with E-state index >= 15 is 0 Å². The summed E-state index contributed by atoms with van der Waals surface area (Å²) in [5.41, 5.74) is 1.40. The average Bonchev–Trinajstić information content (AvgIpc) is 2.72. The van der Waals surface area contributed by atoms with Gasteiger partial charge in [-0.25, -0.2) is 4.39 Å². The molecule has 7 heteroatoms. The Balaban J connectivity index is 2.09. The van der Waals surface area contributed by atoms with Crippen LogP contribution in [0.4, 0.5) is 4.39 Å². The highest BCUT2D eigenvalue weighted by Crippen LogP contribution is 2.19. The molecule has 4 nitrogen and oxygen atoms in total. The van der Waals surface area contributed by atoms with Gasteiger partial charge in [0.25, 0.3) is 0 Å². The number of benzene rings is 2. The number of thioether (sulfide) groups is 1. The van der Waals surface area contributed by atoms with Crippen LogP contribution in [0.1, 0.15) is 38.3 Å². The highest BCUT2D eigenvalue weighted by atomic mass is 35.5. The molecule has 0 radical (unpaired) electrons. The van der Waals surface area contributed by atoms with Crippen LogP contribution in [0.3, 0.4) is 0 Å². The quantitative estimate of drug-likeness (QED) is 0.551. The summed E-state index contributed by atoms with van der Waals surface area (Å²) in [6.45, 7) is 5.61. The molecule has 0 aliphatic heterocycles. The predicted octanol–water partition coefficient (Wildman–Crippen LogP) is 5.04. The van der Waals surface area contributed by atoms with Crippen molar-refractivity contribution in [1.82, 2.24) is 10.2 Å². The van der Waals surface area contributed by atoms with Gasteiger partial charge in [0.1, 0.15) is 11.9 Å². The highest BCUT2D eigenvalue weighted by molar-refractivity contribution is 7.99. The van der Waals surface area contributed by atoms with Crippen LogP contribution in [0, 0.1) is 5.82 Å². The van der Waals surface area contributed by atoms with E-state index < -0.39 is 11.9 Å². The number of amides is 2. The van der Waals surface area contributed by atoms with Gasteiger partial charge in [-0.15, -0.1) is 11.8 Å². The van der Waals surface area contributed by atoms with Crippen molar-refractivity contribution in [3.63, 3.8) is 0 Å². The van der Waals surface area contributed by atoms with E-state index in [1.165, 1.54) is 22.7 Å². The molecule has 0 aliphatic carbocycles. The molecule has 0 saturated heterocycles. The molecular weight excluding hydrogens is 423 g/mol. The Morgan fingerprint density at radius 1 is 1.17 bits per heavy atom. The van der Waals surface area contributed by atoms with E-state index in [1.807, 2.05) is 32.0 Å². The molecule has 0 unspecified atom stereocenters. The minimum Gasteiger partial charge on any atom is -0.352 e. The molecule has 30 heavy (non-hydrogen) atoms. The maximum Gasteiger partial charge on any atom is 0.242 e. The second-order valence-corrected chi connectivity index (χ2v) is 8.65. The molecule has 0 bridgehead atoms. The molecule has 0 aromatic heterocycles. The van der Waals surface area contributed by atoms with E-state index in [-0.39, 0.29) is 30.2 Å². The van der Waals surface area contributed by atoms with Crippen molar-refractivity contribution >= 4 is 35.2 Å². The van der Waals surface area contributed by atoms with Gasteiger partial charge in [-0.05, 0) is 44.0 Å². The zero-order chi connectivity index (χ0) is 22.1. The molecule has 0 fully saturated rings. The van der Waals surface area contributed by atoms with Gasteiger partial charge in [-0.1, -0.05) is 48.9 Å². The zero-order valence-electron chi connectivity index (χ0n) is 17.5. The average molecular weight is 451 g/mol. The lowest BCUT2D eigenvalue weighted by Crippen LogP contribution is -2.50. The molecule has 2 amide bonds. The van der Waals surface area contributed by atoms with E-state index in [9.17, 15) is 14.0 Å². The van der Waals surface area contributed by atoms with Gasteiger partial charge in [0.2, 0.25) is 11.8 Å². The Bertz CT molecular complexity index is 865. The maximum absolute atomic E-state index is 14.2. The third-order valence-corrected chi connectivity index (χ3v) is 6.07. The fourth-order valence-corrected chi connectivity index (χ4v) is 3.89. The van der Waals surface area contributed by atoms with Crippen molar-refractivity contribution in [3.8, 4) is 0 Å². The van der Waals surface area contributed by atoms with E-state index in [0.717, 1.165) is 12.0 Å². The number of hydrogen-bond acceptors (Lipinski definition) is 3. The van der Waals surface area contributed by atoms with Gasteiger partial charge in [-0.3, -0.25) is 9.59 Å². The number of hydrogen-bond donors (Lipinski definition) is 1. The summed E-state index contributed by atoms with van der Waals surface area (Å²) in [6.07, 6.45) is 0.787. The van der Waals surface area contributed by atoms with Crippen LogP contribution in [-0.2, 0) is 21.9 Å². The van der Waals surface area contributed by atoms with Crippen LogP contribution in [0.5, 0.6) is 0 Å². The molecule has 0 heterocycles. The monoisotopic (exact) mass is 450 g/mol. The first kappa shape index (κ1) is 24.2. The van der Waals surface area contributed by atoms with E-state index in [1.54, 1.807) is 31.2 Å². The second kappa shape index (κ2) is 12.0. The third-order valence-electron chi connectivity index (χ3n) is 4.85. The van der Waals surface area contributed by atoms with Crippen LogP contribution >= 0.6 is 23.4 Å². The van der Waals surface area contributed by atoms with Crippen LogP contribution in [0.25, 0.3) is 0 Å². The fourth-order valence-electron chi connectivity index (χ4n) is 2.82. The van der Waals surface area contributed by atoms with Crippen LogP contribution in [-0.4, -0.2) is 34.6 Å². The van der Waals surface area contributed by atoms with Gasteiger partial charge in [-0.2, -0.15) is 0 Å². The number of halogens is 2. The van der Waals surface area contributed by atoms with Crippen molar-refractivity contribution in [2.45, 2.75) is 51.6 Å². The number of carbonyl (C=O) groups is 2. The summed E-state index contributed by atoms with van der Waals surface area (Å²) >= 11 is 7.45. The van der Waals surface area contributed by atoms with Gasteiger partial charge >= 0.3 is 0 Å². The summed E-state index contributed by atoms with van der Waals surface area (Å²) in [5.74, 6) is -0.0442. The Morgan fingerprint density at radius 3 is 2.57 bits per heavy atom. The van der Waals surface area contributed by atoms with Crippen molar-refractivity contribution in [2.75, 3.05) is 5.75 Å². The first-order valence-corrected chi connectivity index (χ1v) is 11.5. The lowest BCUT2D eigenvalue weighted by atomic mass is 10.1. The smallest absolute Gasteiger partial charge is 0.242 e. The van der Waals surface area contributed by atoms with Crippen LogP contribution < -0.4 is 5.32 Å². The molecule has 162 valence electrons. The minimum atomic E-state index is -0.710. The predicted molar refractivity (Wildman–Crippen MR) is 122 cm³/mol. The van der Waals surface area contributed by atoms with Crippen molar-refractivity contribution in [3.05, 3.63) is 70.5 Å². The largest absolute Gasteiger partial charge is 0.352 e. The zero-order valence-corrected chi connectivity index (χ0v) is 19.1. The lowest BCUT2D eigenvalue weighted by molar-refractivity contribution is -0.139. The summed E-state index contributed by atoms with van der Waals surface area (Å²) in [7, 11) is 0. The summed E-state index contributed by atoms with van der Waals surface area (Å²) in [6, 6.07) is 13.1. The standard InChI is InChI=1S/C23H28ClFN2O2S/c1-4-16(2)26-23(29)17(3)27(13-19-9-5-6-11-21(19)25)22(28)15-30-14-18-8-7-10-20(24)12-18/h5-12,16-17H,4,13-15H2,1-3H3,(H,26,29)/t16-,17-/m1/s1.